The number of benzene rings is 2. The molecule has 1 heterocycles. The molecule has 144 valence electrons. The monoisotopic (exact) mass is 411 g/mol. The summed E-state index contributed by atoms with van der Waals surface area (Å²) in [5, 5.41) is 13.1. The zero-order valence-electron chi connectivity index (χ0n) is 14.6. The molecule has 0 unspecified atom stereocenters. The van der Waals surface area contributed by atoms with E-state index in [1.807, 2.05) is 19.1 Å². The highest BCUT2D eigenvalue weighted by Gasteiger charge is 2.31. The van der Waals surface area contributed by atoms with Crippen molar-refractivity contribution in [3.8, 4) is 11.5 Å². The van der Waals surface area contributed by atoms with Gasteiger partial charge in [0.2, 0.25) is 0 Å². The van der Waals surface area contributed by atoms with Crippen molar-refractivity contribution in [2.75, 3.05) is 12.4 Å². The SMILES string of the molecule is CCOc1cc([C@H]2[NH2+][C@H](C(=O)[O-])CS2)ccc1OCc1c(F)cccc1Cl. The molecule has 1 saturated heterocycles. The molecule has 0 radical (unpaired) electrons. The zero-order valence-corrected chi connectivity index (χ0v) is 16.2. The van der Waals surface area contributed by atoms with Crippen molar-refractivity contribution in [2.45, 2.75) is 24.9 Å². The van der Waals surface area contributed by atoms with Crippen LogP contribution in [0.3, 0.4) is 0 Å². The van der Waals surface area contributed by atoms with Gasteiger partial charge in [0, 0.05) is 11.1 Å². The highest BCUT2D eigenvalue weighted by atomic mass is 35.5. The van der Waals surface area contributed by atoms with Crippen LogP contribution in [0.15, 0.2) is 36.4 Å². The van der Waals surface area contributed by atoms with Crippen molar-refractivity contribution in [3.05, 3.63) is 58.4 Å². The van der Waals surface area contributed by atoms with Crippen LogP contribution in [0.5, 0.6) is 11.5 Å². The van der Waals surface area contributed by atoms with E-state index in [1.54, 1.807) is 17.4 Å². The number of carboxylic acids is 1. The van der Waals surface area contributed by atoms with Gasteiger partial charge in [0.1, 0.15) is 24.4 Å². The number of ether oxygens (including phenoxy) is 2. The van der Waals surface area contributed by atoms with Crippen molar-refractivity contribution >= 4 is 29.3 Å². The molecule has 2 atom stereocenters. The molecule has 8 heteroatoms. The molecule has 0 bridgehead atoms. The third-order valence-corrected chi connectivity index (χ3v) is 5.89. The number of rotatable bonds is 7. The van der Waals surface area contributed by atoms with Crippen LogP contribution < -0.4 is 19.9 Å². The van der Waals surface area contributed by atoms with Crippen molar-refractivity contribution in [3.63, 3.8) is 0 Å². The molecule has 0 aromatic heterocycles. The summed E-state index contributed by atoms with van der Waals surface area (Å²) in [4.78, 5) is 11.0. The van der Waals surface area contributed by atoms with E-state index in [4.69, 9.17) is 21.1 Å². The highest BCUT2D eigenvalue weighted by molar-refractivity contribution is 7.99. The number of nitrogens with two attached hydrogens (primary N) is 1. The lowest BCUT2D eigenvalue weighted by molar-refractivity contribution is -0.690. The summed E-state index contributed by atoms with van der Waals surface area (Å²) in [7, 11) is 0. The lowest BCUT2D eigenvalue weighted by Crippen LogP contribution is -2.90. The van der Waals surface area contributed by atoms with Gasteiger partial charge in [-0.15, -0.1) is 0 Å². The van der Waals surface area contributed by atoms with Crippen LogP contribution >= 0.6 is 23.4 Å². The van der Waals surface area contributed by atoms with Gasteiger partial charge >= 0.3 is 0 Å². The number of thioether (sulfide) groups is 1. The van der Waals surface area contributed by atoms with Gasteiger partial charge in [-0.05, 0) is 37.3 Å². The van der Waals surface area contributed by atoms with Gasteiger partial charge in [-0.2, -0.15) is 0 Å². The van der Waals surface area contributed by atoms with Crippen molar-refractivity contribution in [2.24, 2.45) is 0 Å². The standard InChI is InChI=1S/C19H19ClFNO4S/c1-2-25-17-8-11(18-22-15(10-27-18)19(23)24)6-7-16(17)26-9-12-13(20)4-3-5-14(12)21/h3-8,15,18,22H,2,9-10H2,1H3,(H,23,24)/t15-,18-/m0/s1. The minimum atomic E-state index is -1.06. The number of carbonyl (C=O) groups is 1. The van der Waals surface area contributed by atoms with Crippen LogP contribution in [0, 0.1) is 5.82 Å². The first-order valence-corrected chi connectivity index (χ1v) is 9.92. The van der Waals surface area contributed by atoms with Gasteiger partial charge in [0.05, 0.1) is 17.4 Å². The smallest absolute Gasteiger partial charge is 0.161 e. The van der Waals surface area contributed by atoms with E-state index < -0.39 is 17.8 Å². The van der Waals surface area contributed by atoms with E-state index in [2.05, 4.69) is 0 Å². The number of hydrogen-bond acceptors (Lipinski definition) is 5. The molecule has 1 fully saturated rings. The Balaban J connectivity index is 1.77. The first kappa shape index (κ1) is 19.8. The van der Waals surface area contributed by atoms with Crippen molar-refractivity contribution in [1.82, 2.24) is 0 Å². The molecule has 5 nitrogen and oxygen atoms in total. The lowest BCUT2D eigenvalue weighted by atomic mass is 10.1. The van der Waals surface area contributed by atoms with Crippen molar-refractivity contribution < 1.29 is 29.1 Å². The van der Waals surface area contributed by atoms with Crippen LogP contribution in [0.2, 0.25) is 5.02 Å². The molecular formula is C19H19ClFNO4S. The lowest BCUT2D eigenvalue weighted by Gasteiger charge is -2.16. The Morgan fingerprint density at radius 3 is 2.81 bits per heavy atom. The van der Waals surface area contributed by atoms with Gasteiger partial charge in [-0.3, -0.25) is 0 Å². The van der Waals surface area contributed by atoms with E-state index in [0.717, 1.165) is 5.56 Å². The van der Waals surface area contributed by atoms with E-state index in [1.165, 1.54) is 23.9 Å². The van der Waals surface area contributed by atoms with E-state index in [-0.39, 0.29) is 17.5 Å². The number of halogens is 2. The Morgan fingerprint density at radius 2 is 2.15 bits per heavy atom. The minimum absolute atomic E-state index is 0.0258. The fourth-order valence-corrected chi connectivity index (χ4v) is 4.31. The van der Waals surface area contributed by atoms with E-state index in [9.17, 15) is 14.3 Å². The normalized spacial score (nSPS) is 19.1. The number of aliphatic carboxylic acids is 1. The van der Waals surface area contributed by atoms with E-state index >= 15 is 0 Å². The second kappa shape index (κ2) is 8.82. The summed E-state index contributed by atoms with van der Waals surface area (Å²) in [6.45, 7) is 2.26. The van der Waals surface area contributed by atoms with Crippen LogP contribution in [-0.4, -0.2) is 24.4 Å². The Bertz CT molecular complexity index is 815. The first-order chi connectivity index (χ1) is 13.0. The summed E-state index contributed by atoms with van der Waals surface area (Å²) < 4.78 is 25.3. The molecule has 2 aromatic rings. The van der Waals surface area contributed by atoms with Crippen LogP contribution in [0.4, 0.5) is 4.39 Å². The summed E-state index contributed by atoms with van der Waals surface area (Å²) in [6, 6.07) is 9.34. The highest BCUT2D eigenvalue weighted by Crippen LogP contribution is 2.35. The predicted molar refractivity (Wildman–Crippen MR) is 99.3 cm³/mol. The van der Waals surface area contributed by atoms with Gasteiger partial charge in [0.25, 0.3) is 0 Å². The molecule has 1 aliphatic rings. The third kappa shape index (κ3) is 4.66. The molecule has 2 aromatic carbocycles. The number of carboxylic acid groups (broad SMARTS) is 1. The molecule has 0 aliphatic carbocycles. The Kier molecular flexibility index (Phi) is 6.46. The maximum absolute atomic E-state index is 13.9. The van der Waals surface area contributed by atoms with E-state index in [0.29, 0.717) is 28.9 Å². The second-order valence-electron chi connectivity index (χ2n) is 6.00. The molecule has 3 rings (SSSR count). The average molecular weight is 412 g/mol. The Hall–Kier alpha value is -1.96. The summed E-state index contributed by atoms with van der Waals surface area (Å²) in [5.74, 6) is -0.00656. The van der Waals surface area contributed by atoms with Crippen LogP contribution in [0.1, 0.15) is 23.4 Å². The summed E-state index contributed by atoms with van der Waals surface area (Å²) in [6.07, 6.45) is 0. The topological polar surface area (TPSA) is 75.2 Å². The molecular weight excluding hydrogens is 393 g/mol. The molecule has 2 N–H and O–H groups in total. The first-order valence-electron chi connectivity index (χ1n) is 8.49. The summed E-state index contributed by atoms with van der Waals surface area (Å²) >= 11 is 7.57. The predicted octanol–water partition coefficient (Wildman–Crippen LogP) is 1.88. The quantitative estimate of drug-likeness (QED) is 0.753. The van der Waals surface area contributed by atoms with Crippen molar-refractivity contribution in [1.29, 1.82) is 0 Å². The summed E-state index contributed by atoms with van der Waals surface area (Å²) in [5.41, 5.74) is 1.20. The molecule has 0 amide bonds. The maximum atomic E-state index is 13.9. The van der Waals surface area contributed by atoms with Crippen LogP contribution in [0.25, 0.3) is 0 Å². The number of hydrogen-bond donors (Lipinski definition) is 1. The van der Waals surface area contributed by atoms with Gasteiger partial charge < -0.3 is 24.7 Å². The molecule has 0 saturated carbocycles. The van der Waals surface area contributed by atoms with Gasteiger partial charge in [0.15, 0.2) is 16.9 Å². The fraction of sp³-hybridized carbons (Fsp3) is 0.316. The third-order valence-electron chi connectivity index (χ3n) is 4.20. The fourth-order valence-electron chi connectivity index (χ4n) is 2.79. The van der Waals surface area contributed by atoms with Gasteiger partial charge in [-0.1, -0.05) is 29.4 Å². The number of carbonyl (C=O) groups excluding carboxylic acids is 1. The second-order valence-corrected chi connectivity index (χ2v) is 7.58. The Morgan fingerprint density at radius 1 is 1.33 bits per heavy atom. The average Bonchev–Trinajstić information content (AvgIpc) is 3.13. The van der Waals surface area contributed by atoms with Gasteiger partial charge in [-0.25, -0.2) is 4.39 Å². The zero-order chi connectivity index (χ0) is 19.4. The Labute approximate surface area is 165 Å². The minimum Gasteiger partial charge on any atom is -0.544 e. The molecule has 27 heavy (non-hydrogen) atoms. The molecule has 1 aliphatic heterocycles. The van der Waals surface area contributed by atoms with Crippen LogP contribution in [-0.2, 0) is 11.4 Å². The maximum Gasteiger partial charge on any atom is 0.161 e. The largest absolute Gasteiger partial charge is 0.544 e. The number of quaternary nitrogens is 1. The molecule has 0 spiro atoms.